The molecule has 4 aromatic carbocycles. The molecule has 5 heteroatoms. The van der Waals surface area contributed by atoms with Crippen LogP contribution in [0.15, 0.2) is 121 Å². The summed E-state index contributed by atoms with van der Waals surface area (Å²) in [6, 6.07) is 44.2. The molecule has 0 aliphatic carbocycles. The Labute approximate surface area is 224 Å². The Kier molecular flexibility index (Phi) is 19.1. The maximum Gasteiger partial charge on any atom is 2.00 e. The van der Waals surface area contributed by atoms with Crippen molar-refractivity contribution in [3.05, 3.63) is 145 Å². The SMILES string of the molecule is S=C([S-])c1ccccc1.S=C([S-])c1ccccc1.[Sn+2].[c]1ccccc1.[c]1ccccc1. The van der Waals surface area contributed by atoms with Gasteiger partial charge < -0.3 is 49.7 Å². The van der Waals surface area contributed by atoms with E-state index in [1.807, 2.05) is 121 Å². The number of hydrogen-bond acceptors (Lipinski definition) is 4. The van der Waals surface area contributed by atoms with Gasteiger partial charge in [0.05, 0.1) is 0 Å². The van der Waals surface area contributed by atoms with Crippen LogP contribution < -0.4 is 0 Å². The zero-order valence-corrected chi connectivity index (χ0v) is 22.8. The topological polar surface area (TPSA) is 0 Å². The molecule has 0 bridgehead atoms. The average Bonchev–Trinajstić information content (AvgIpc) is 2.84. The van der Waals surface area contributed by atoms with Gasteiger partial charge in [-0.1, -0.05) is 121 Å². The van der Waals surface area contributed by atoms with E-state index in [4.69, 9.17) is 49.7 Å². The predicted molar refractivity (Wildman–Crippen MR) is 147 cm³/mol. The molecule has 0 atom stereocenters. The second-order valence-electron chi connectivity index (χ2n) is 5.46. The third kappa shape index (κ3) is 16.6. The van der Waals surface area contributed by atoms with Crippen molar-refractivity contribution < 1.29 is 0 Å². The smallest absolute Gasteiger partial charge is 0.428 e. The van der Waals surface area contributed by atoms with Gasteiger partial charge in [0.2, 0.25) is 0 Å². The van der Waals surface area contributed by atoms with Crippen molar-refractivity contribution in [2.45, 2.75) is 0 Å². The summed E-state index contributed by atoms with van der Waals surface area (Å²) < 4.78 is 1.08. The molecule has 0 spiro atoms. The Balaban J connectivity index is 0.000000389. The standard InChI is InChI=1S/2C7H6S2.2C6H5.Sn/c2*8-7(9)6-4-2-1-3-5-6;2*1-2-4-6-5-3-1;/h2*1-5H,(H,8,9);2*1-5H;/q;;;;+2/p-2. The Morgan fingerprint density at radius 3 is 0.871 bits per heavy atom. The number of thiocarbonyl (C=S) groups is 2. The fourth-order valence-corrected chi connectivity index (χ4v) is 2.38. The van der Waals surface area contributed by atoms with Gasteiger partial charge in [-0.25, -0.2) is 0 Å². The summed E-state index contributed by atoms with van der Waals surface area (Å²) in [7, 11) is 0. The molecular formula is C26H20S4Sn. The van der Waals surface area contributed by atoms with Gasteiger partial charge in [-0.2, -0.15) is 0 Å². The number of rotatable bonds is 2. The minimum absolute atomic E-state index is 0. The van der Waals surface area contributed by atoms with Crippen LogP contribution in [0.1, 0.15) is 11.1 Å². The fourth-order valence-electron chi connectivity index (χ4n) is 1.83. The van der Waals surface area contributed by atoms with Gasteiger partial charge >= 0.3 is 23.9 Å². The summed E-state index contributed by atoms with van der Waals surface area (Å²) in [5.74, 6) is 0. The summed E-state index contributed by atoms with van der Waals surface area (Å²) in [6.07, 6.45) is 0. The second kappa shape index (κ2) is 20.2. The second-order valence-corrected chi connectivity index (χ2v) is 7.61. The van der Waals surface area contributed by atoms with Crippen LogP contribution in [0.3, 0.4) is 0 Å². The molecule has 0 N–H and O–H groups in total. The van der Waals surface area contributed by atoms with Crippen molar-refractivity contribution >= 4 is 82.0 Å². The van der Waals surface area contributed by atoms with Crippen molar-refractivity contribution in [3.8, 4) is 0 Å². The Morgan fingerprint density at radius 1 is 0.484 bits per heavy atom. The summed E-state index contributed by atoms with van der Waals surface area (Å²) in [5.41, 5.74) is 1.92. The van der Waals surface area contributed by atoms with Gasteiger partial charge in [0.15, 0.2) is 0 Å². The molecule has 0 unspecified atom stereocenters. The van der Waals surface area contributed by atoms with E-state index < -0.39 is 0 Å². The molecule has 152 valence electrons. The van der Waals surface area contributed by atoms with Crippen molar-refractivity contribution in [2.75, 3.05) is 0 Å². The van der Waals surface area contributed by atoms with E-state index >= 15 is 0 Å². The largest absolute Gasteiger partial charge is 2.00 e. The summed E-state index contributed by atoms with van der Waals surface area (Å²) >= 11 is 19.1. The van der Waals surface area contributed by atoms with E-state index in [2.05, 4.69) is 12.1 Å². The monoisotopic (exact) mass is 580 g/mol. The molecule has 0 saturated heterocycles. The van der Waals surface area contributed by atoms with Crippen LogP contribution in [0.2, 0.25) is 0 Å². The Morgan fingerprint density at radius 2 is 0.742 bits per heavy atom. The van der Waals surface area contributed by atoms with Gasteiger partial charge in [0.1, 0.15) is 0 Å². The molecule has 4 aromatic rings. The minimum Gasteiger partial charge on any atom is -0.428 e. The fraction of sp³-hybridized carbons (Fsp3) is 0. The van der Waals surface area contributed by atoms with Crippen molar-refractivity contribution in [3.63, 3.8) is 0 Å². The first-order valence-corrected chi connectivity index (χ1v) is 10.6. The van der Waals surface area contributed by atoms with Crippen LogP contribution >= 0.6 is 24.4 Å². The van der Waals surface area contributed by atoms with E-state index in [9.17, 15) is 0 Å². The average molecular weight is 579 g/mol. The molecule has 0 nitrogen and oxygen atoms in total. The number of hydrogen-bond donors (Lipinski definition) is 0. The molecule has 0 aliphatic rings. The van der Waals surface area contributed by atoms with Crippen LogP contribution in [0.25, 0.3) is 0 Å². The van der Waals surface area contributed by atoms with Crippen molar-refractivity contribution in [1.82, 2.24) is 0 Å². The molecule has 0 saturated carbocycles. The van der Waals surface area contributed by atoms with Crippen LogP contribution in [0, 0.1) is 12.1 Å². The van der Waals surface area contributed by atoms with Crippen molar-refractivity contribution in [2.24, 2.45) is 0 Å². The molecule has 0 heterocycles. The molecular weight excluding hydrogens is 559 g/mol. The van der Waals surface area contributed by atoms with E-state index in [1.165, 1.54) is 0 Å². The summed E-state index contributed by atoms with van der Waals surface area (Å²) in [6.45, 7) is 0. The minimum atomic E-state index is 0. The molecule has 31 heavy (non-hydrogen) atoms. The molecule has 0 amide bonds. The van der Waals surface area contributed by atoms with Crippen LogP contribution in [0.4, 0.5) is 0 Å². The van der Waals surface area contributed by atoms with Crippen LogP contribution in [-0.2, 0) is 25.3 Å². The molecule has 4 rings (SSSR count). The first-order valence-electron chi connectivity index (χ1n) is 8.96. The van der Waals surface area contributed by atoms with Gasteiger partial charge in [-0.3, -0.25) is 0 Å². The quantitative estimate of drug-likeness (QED) is 0.153. The van der Waals surface area contributed by atoms with E-state index in [0.29, 0.717) is 8.39 Å². The normalized spacial score (nSPS) is 8.26. The van der Waals surface area contributed by atoms with Gasteiger partial charge in [0.25, 0.3) is 0 Å². The molecule has 0 fully saturated rings. The first-order chi connectivity index (χ1) is 14.6. The summed E-state index contributed by atoms with van der Waals surface area (Å²) in [5, 5.41) is 0. The zero-order valence-electron chi connectivity index (χ0n) is 16.7. The molecule has 0 aliphatic heterocycles. The van der Waals surface area contributed by atoms with E-state index in [0.717, 1.165) is 11.1 Å². The van der Waals surface area contributed by atoms with Crippen LogP contribution in [0.5, 0.6) is 0 Å². The van der Waals surface area contributed by atoms with Crippen molar-refractivity contribution in [1.29, 1.82) is 0 Å². The Bertz CT molecular complexity index is 798. The van der Waals surface area contributed by atoms with Crippen LogP contribution in [-0.4, -0.2) is 32.3 Å². The summed E-state index contributed by atoms with van der Waals surface area (Å²) in [4.78, 5) is 0. The van der Waals surface area contributed by atoms with E-state index in [-0.39, 0.29) is 23.9 Å². The third-order valence-corrected chi connectivity index (χ3v) is 4.18. The Hall–Kier alpha value is -1.70. The zero-order chi connectivity index (χ0) is 21.9. The van der Waals surface area contributed by atoms with Gasteiger partial charge in [0, 0.05) is 0 Å². The first kappa shape index (κ1) is 29.3. The maximum absolute atomic E-state index is 4.78. The van der Waals surface area contributed by atoms with E-state index in [1.54, 1.807) is 0 Å². The molecule has 4 radical (unpaired) electrons. The van der Waals surface area contributed by atoms with Gasteiger partial charge in [-0.05, 0) is 23.3 Å². The molecule has 0 aromatic heterocycles. The number of benzene rings is 4. The van der Waals surface area contributed by atoms with Gasteiger partial charge in [-0.15, -0.1) is 8.39 Å². The maximum atomic E-state index is 4.78. The predicted octanol–water partition coefficient (Wildman–Crippen LogP) is 6.41. The third-order valence-electron chi connectivity index (χ3n) is 3.23.